The average molecular weight is 1980 g/mol. The number of aliphatic hydroxyl groups is 28. The Morgan fingerprint density at radius 2 is 0.674 bits per heavy atom. The SMILES string of the molecule is CC(=O)N[C@H]1[C@H](O[C@H]2[C@@H](O)[C@@H](CO)O[C@@H](O[C@H]3[C@H](O)[C@@H](O)[C@H](OC[C@@H](CO)NC=O)O[C@@H]3CO)[C@@H]2O)O[C@H](CO)[C@@H](O[C@@H]2O[C@H](CO)[C@H](O)[C@H](O[C@@H]3O[C@H](CO)[C@@H](O[C@@H]4O[C@H](CO)[C@H](O)[C@H](O[C@@H]5O[C@H](CO)[C@@H](O[C@@H]6O[C@H](CO)[C@H](O)[C@H](O[C@]7(C(=O)[O-])C[C@H](O)[C@@H](NC(C)=O)[C@H]([C@H](O)[C@H](O)CO)O7)[C@H]6O)[C@H](O[C@@H]6O[C@@H](C)[C@@H](O)[C@@H](O)[C@@H]6O)[C@H]5NC(C)=O)[C@H]4O)[C@H](O)[C@H]3NC(C)=O)[C@H]2O)[C@@H]1O. The molecule has 10 fully saturated rings. The molecule has 0 unspecified atom stereocenters. The molecule has 0 bridgehead atoms. The van der Waals surface area contributed by atoms with E-state index in [9.17, 15) is 177 Å². The fraction of sp³-hybridized carbons (Fsp3) is 0.920. The molecule has 780 valence electrons. The Kier molecular flexibility index (Phi) is 40.8. The molecule has 0 aromatic carbocycles. The van der Waals surface area contributed by atoms with Crippen molar-refractivity contribution >= 4 is 36.0 Å². The molecule has 60 nitrogen and oxygen atoms in total. The highest BCUT2D eigenvalue weighted by Crippen LogP contribution is 2.43. The molecule has 5 amide bonds. The van der Waals surface area contributed by atoms with Crippen LogP contribution < -0.4 is 31.7 Å². The van der Waals surface area contributed by atoms with Crippen LogP contribution in [0.2, 0.25) is 0 Å². The van der Waals surface area contributed by atoms with Crippen molar-refractivity contribution in [3.8, 4) is 0 Å². The first kappa shape index (κ1) is 112. The summed E-state index contributed by atoms with van der Waals surface area (Å²) in [6.45, 7) is -7.16. The summed E-state index contributed by atoms with van der Waals surface area (Å²) in [6, 6.07) is -8.97. The van der Waals surface area contributed by atoms with Crippen molar-refractivity contribution < 1.29 is 272 Å². The topological polar surface area (TPSA) is 937 Å². The minimum Gasteiger partial charge on any atom is -0.544 e. The molecule has 10 heterocycles. The Balaban J connectivity index is 0.875. The number of carboxylic acids is 1. The minimum atomic E-state index is -3.46. The van der Waals surface area contributed by atoms with Crippen molar-refractivity contribution in [1.82, 2.24) is 26.6 Å². The molecular weight excluding hydrogens is 1850 g/mol. The molecule has 0 aromatic rings. The lowest BCUT2D eigenvalue weighted by Gasteiger charge is -2.53. The summed E-state index contributed by atoms with van der Waals surface area (Å²) < 4.78 is 118. The van der Waals surface area contributed by atoms with Crippen LogP contribution in [0.15, 0.2) is 0 Å². The maximum atomic E-state index is 13.6. The highest BCUT2D eigenvalue weighted by molar-refractivity contribution is 5.76. The molecule has 10 saturated heterocycles. The van der Waals surface area contributed by atoms with E-state index in [-0.39, 0.29) is 6.41 Å². The van der Waals surface area contributed by atoms with Gasteiger partial charge in [0.25, 0.3) is 0 Å². The van der Waals surface area contributed by atoms with Crippen LogP contribution in [0.3, 0.4) is 0 Å². The van der Waals surface area contributed by atoms with Crippen LogP contribution in [0.1, 0.15) is 41.0 Å². The van der Waals surface area contributed by atoms with Crippen LogP contribution in [-0.4, -0.2) is 570 Å². The summed E-state index contributed by atoms with van der Waals surface area (Å²) in [5, 5.41) is 339. The summed E-state index contributed by atoms with van der Waals surface area (Å²) in [4.78, 5) is 76.3. The molecule has 52 atom stereocenters. The Labute approximate surface area is 764 Å². The van der Waals surface area contributed by atoms with Gasteiger partial charge < -0.3 is 274 Å². The third-order valence-electron chi connectivity index (χ3n) is 24.4. The van der Waals surface area contributed by atoms with Gasteiger partial charge in [-0.2, -0.15) is 0 Å². The first-order chi connectivity index (χ1) is 63.9. The second kappa shape index (κ2) is 49.3. The largest absolute Gasteiger partial charge is 0.544 e. The summed E-state index contributed by atoms with van der Waals surface area (Å²) in [7, 11) is 0. The summed E-state index contributed by atoms with van der Waals surface area (Å²) in [6.07, 6.45) is -100. The van der Waals surface area contributed by atoms with Gasteiger partial charge in [0, 0.05) is 34.1 Å². The molecule has 33 N–H and O–H groups in total. The zero-order valence-corrected chi connectivity index (χ0v) is 72.6. The molecule has 0 spiro atoms. The van der Waals surface area contributed by atoms with E-state index in [1.54, 1.807) is 0 Å². The lowest BCUT2D eigenvalue weighted by molar-refractivity contribution is -0.414. The van der Waals surface area contributed by atoms with Gasteiger partial charge in [-0.25, -0.2) is 0 Å². The van der Waals surface area contributed by atoms with E-state index in [0.717, 1.165) is 27.7 Å². The van der Waals surface area contributed by atoms with Crippen LogP contribution in [0.25, 0.3) is 0 Å². The monoisotopic (exact) mass is 1970 g/mol. The molecule has 10 rings (SSSR count). The van der Waals surface area contributed by atoms with Gasteiger partial charge in [-0.1, -0.05) is 0 Å². The number of amides is 5. The highest BCUT2D eigenvalue weighted by Gasteiger charge is 2.64. The van der Waals surface area contributed by atoms with Gasteiger partial charge in [-0.3, -0.25) is 24.0 Å². The summed E-state index contributed by atoms with van der Waals surface area (Å²) in [5.74, 6) is -9.86. The molecule has 0 radical (unpaired) electrons. The van der Waals surface area contributed by atoms with Gasteiger partial charge in [0.1, 0.15) is 238 Å². The first-order valence-corrected chi connectivity index (χ1v) is 42.8. The number of carbonyl (C=O) groups excluding carboxylic acids is 6. The Bertz CT molecular complexity index is 3720. The quantitative estimate of drug-likeness (QED) is 0.0253. The molecule has 60 heteroatoms. The number of ether oxygens (including phenoxy) is 20. The van der Waals surface area contributed by atoms with Gasteiger partial charge in [-0.05, 0) is 6.92 Å². The van der Waals surface area contributed by atoms with Gasteiger partial charge in [0.2, 0.25) is 35.8 Å². The van der Waals surface area contributed by atoms with Crippen molar-refractivity contribution in [2.24, 2.45) is 0 Å². The molecule has 135 heavy (non-hydrogen) atoms. The number of carboxylic acid groups (broad SMARTS) is 1. The second-order valence-electron chi connectivity index (χ2n) is 33.8. The van der Waals surface area contributed by atoms with Crippen LogP contribution >= 0.6 is 0 Å². The van der Waals surface area contributed by atoms with Gasteiger partial charge in [-0.15, -0.1) is 0 Å². The third-order valence-corrected chi connectivity index (χ3v) is 24.4. The van der Waals surface area contributed by atoms with Gasteiger partial charge in [0.15, 0.2) is 56.6 Å². The summed E-state index contributed by atoms with van der Waals surface area (Å²) in [5.41, 5.74) is 0. The zero-order chi connectivity index (χ0) is 99.7. The molecule has 10 aliphatic heterocycles. The van der Waals surface area contributed by atoms with Crippen molar-refractivity contribution in [2.45, 2.75) is 359 Å². The van der Waals surface area contributed by atoms with Crippen LogP contribution in [-0.2, 0) is 124 Å². The van der Waals surface area contributed by atoms with Crippen LogP contribution in [0.4, 0.5) is 0 Å². The summed E-state index contributed by atoms with van der Waals surface area (Å²) >= 11 is 0. The number of hydrogen-bond donors (Lipinski definition) is 33. The normalized spacial score (nSPS) is 46.7. The number of hydrogen-bond acceptors (Lipinski definition) is 55. The standard InChI is InChI=1S/C75H125N5O55/c1-19-39(98)47(106)49(108)69(117-19)130-60-38(80-23(5)95)67(124-34(16-90)58(60)129-73-54(113)64(44(103)30(12-86)121-73)135-75(74(114)115)6-25(96)35(77-20(2)92)59(134-75)40(99)26(97)8-82)133-63-43(102)29(11-85)119-71(53(63)112)127-56-32(14-88)122-65(36(46(56)105)78-21(3)93)131-61-41(100)27(9-83)118-70(51(61)110)126-55-31(13-87)123-66(37(45(55)104)79-22(4)94)132-62-42(101)28(10-84)120-72(52(62)111)128-57-33(15-89)125-68(50(109)48(57)107)116-17-24(7-81)76-18-91/h18-19,24-73,81-90,96-113H,6-17H2,1-5H3,(H,76,91)(H,77,92)(H,78,93)(H,79,94)(H,80,95)(H,114,115)/p-1/t19-,24+,25-,26+,27+,28+,29+,30+,31+,32+,33+,34+,35+,36+,37+,38+,39+,40+,41-,42-,43-,44-,45+,46+,47+,48+,49-,50+,51+,52+,53+,54+,55+,56+,57+,58+,59+,60+,61-,62-,63-,64-,65-,66-,67-,68+,69-,70-,71-,72-,73-,75-/m0/s1. The fourth-order valence-corrected chi connectivity index (χ4v) is 17.3. The van der Waals surface area contributed by atoms with E-state index in [1.165, 1.54) is 6.92 Å². The molecule has 0 saturated carbocycles. The average Bonchev–Trinajstić information content (AvgIpc) is 0.745. The number of rotatable bonds is 40. The Morgan fingerprint density at radius 3 is 1.05 bits per heavy atom. The lowest BCUT2D eigenvalue weighted by Crippen LogP contribution is -2.73. The number of nitrogens with one attached hydrogen (secondary N) is 5. The highest BCUT2D eigenvalue weighted by atomic mass is 16.8. The van der Waals surface area contributed by atoms with Crippen LogP contribution in [0, 0.1) is 0 Å². The molecule has 10 aliphatic rings. The minimum absolute atomic E-state index is 0.245. The Hall–Kier alpha value is -5.10. The molecule has 0 aromatic heterocycles. The Morgan fingerprint density at radius 1 is 0.356 bits per heavy atom. The third kappa shape index (κ3) is 25.0. The predicted octanol–water partition coefficient (Wildman–Crippen LogP) is -24.2. The van der Waals surface area contributed by atoms with Crippen molar-refractivity contribution in [3.05, 3.63) is 0 Å². The molecular formula is C75H124N5O55-. The van der Waals surface area contributed by atoms with Crippen molar-refractivity contribution in [3.63, 3.8) is 0 Å². The predicted molar refractivity (Wildman–Crippen MR) is 413 cm³/mol. The maximum Gasteiger partial charge on any atom is 0.217 e. The fourth-order valence-electron chi connectivity index (χ4n) is 17.3. The van der Waals surface area contributed by atoms with E-state index in [1.807, 2.05) is 0 Å². The van der Waals surface area contributed by atoms with E-state index in [4.69, 9.17) is 94.7 Å². The lowest BCUT2D eigenvalue weighted by atomic mass is 9.88. The van der Waals surface area contributed by atoms with E-state index in [2.05, 4.69) is 26.6 Å². The smallest absolute Gasteiger partial charge is 0.217 e. The van der Waals surface area contributed by atoms with Crippen molar-refractivity contribution in [2.75, 3.05) is 72.7 Å². The molecule has 0 aliphatic carbocycles. The number of aliphatic hydroxyl groups excluding tert-OH is 28. The van der Waals surface area contributed by atoms with Gasteiger partial charge in [0.05, 0.1) is 97.0 Å². The number of carbonyl (C=O) groups is 6. The van der Waals surface area contributed by atoms with Gasteiger partial charge >= 0.3 is 0 Å². The maximum absolute atomic E-state index is 13.6. The second-order valence-corrected chi connectivity index (χ2v) is 33.8. The first-order valence-electron chi connectivity index (χ1n) is 42.8. The number of aliphatic carboxylic acids is 1. The zero-order valence-electron chi connectivity index (χ0n) is 72.6. The van der Waals surface area contributed by atoms with Crippen molar-refractivity contribution in [1.29, 1.82) is 0 Å². The van der Waals surface area contributed by atoms with Crippen LogP contribution in [0.5, 0.6) is 0 Å². The van der Waals surface area contributed by atoms with E-state index < -0.39 is 427 Å². The van der Waals surface area contributed by atoms with E-state index >= 15 is 0 Å². The van der Waals surface area contributed by atoms with E-state index in [0.29, 0.717) is 0 Å².